The number of aromatic nitrogens is 2. The Morgan fingerprint density at radius 3 is 2.60 bits per heavy atom. The monoisotopic (exact) mass is 327 g/mol. The summed E-state index contributed by atoms with van der Waals surface area (Å²) in [7, 11) is 0. The van der Waals surface area contributed by atoms with Gasteiger partial charge in [-0.2, -0.15) is 5.10 Å². The van der Waals surface area contributed by atoms with Gasteiger partial charge in [-0.25, -0.2) is 0 Å². The van der Waals surface area contributed by atoms with Crippen LogP contribution in [0.5, 0.6) is 0 Å². The van der Waals surface area contributed by atoms with Crippen LogP contribution in [0.4, 0.5) is 11.5 Å². The van der Waals surface area contributed by atoms with E-state index in [4.69, 9.17) is 0 Å². The maximum Gasteiger partial charge on any atom is 0.152 e. The molecular weight excluding hydrogens is 314 g/mol. The van der Waals surface area contributed by atoms with Gasteiger partial charge in [0.25, 0.3) is 0 Å². The number of H-pyrrole nitrogens is 1. The second-order valence-corrected chi connectivity index (χ2v) is 5.50. The molecule has 1 aromatic heterocycles. The zero-order valence-corrected chi connectivity index (χ0v) is 12.6. The van der Waals surface area contributed by atoms with Gasteiger partial charge in [0.1, 0.15) is 0 Å². The van der Waals surface area contributed by atoms with E-state index in [1.165, 1.54) is 5.56 Å². The number of rotatable bonds is 3. The first-order valence-electron chi connectivity index (χ1n) is 6.36. The molecule has 0 spiro atoms. The highest BCUT2D eigenvalue weighted by Crippen LogP contribution is 2.27. The second-order valence-electron chi connectivity index (χ2n) is 4.64. The van der Waals surface area contributed by atoms with E-state index in [1.54, 1.807) is 0 Å². The van der Waals surface area contributed by atoms with Gasteiger partial charge in [-0.15, -0.1) is 0 Å². The molecule has 0 unspecified atom stereocenters. The van der Waals surface area contributed by atoms with E-state index >= 15 is 0 Å². The number of nitrogens with zero attached hydrogens (tertiary/aromatic N) is 1. The van der Waals surface area contributed by atoms with Gasteiger partial charge in [-0.3, -0.25) is 5.10 Å². The predicted octanol–water partition coefficient (Wildman–Crippen LogP) is 4.89. The molecule has 4 heteroatoms. The van der Waals surface area contributed by atoms with Crippen LogP contribution < -0.4 is 5.32 Å². The fraction of sp³-hybridized carbons (Fsp3) is 0.0625. The molecule has 3 rings (SSSR count). The third-order valence-electron chi connectivity index (χ3n) is 3.05. The lowest BCUT2D eigenvalue weighted by Gasteiger charge is -2.06. The molecule has 0 bridgehead atoms. The zero-order chi connectivity index (χ0) is 13.9. The molecule has 0 fully saturated rings. The van der Waals surface area contributed by atoms with Crippen LogP contribution in [0, 0.1) is 6.92 Å². The quantitative estimate of drug-likeness (QED) is 0.718. The minimum atomic E-state index is 0.799. The largest absolute Gasteiger partial charge is 0.338 e. The number of aromatic amines is 1. The predicted molar refractivity (Wildman–Crippen MR) is 86.2 cm³/mol. The van der Waals surface area contributed by atoms with Gasteiger partial charge in [0, 0.05) is 10.5 Å². The molecule has 0 aliphatic carbocycles. The van der Waals surface area contributed by atoms with Crippen molar-refractivity contribution < 1.29 is 0 Å². The van der Waals surface area contributed by atoms with Crippen LogP contribution in [0.1, 0.15) is 5.56 Å². The highest BCUT2D eigenvalue weighted by atomic mass is 79.9. The van der Waals surface area contributed by atoms with Crippen molar-refractivity contribution in [3.8, 4) is 11.3 Å². The van der Waals surface area contributed by atoms with Crippen LogP contribution in [-0.2, 0) is 0 Å². The van der Waals surface area contributed by atoms with Crippen molar-refractivity contribution in [2.75, 3.05) is 5.32 Å². The third-order valence-corrected chi connectivity index (χ3v) is 3.71. The standard InChI is InChI=1S/C16H14BrN3/c1-11-7-8-14(13(17)9-11)18-16-10-15(19-20-16)12-5-3-2-4-6-12/h2-10H,1H3,(H2,18,19,20). The lowest BCUT2D eigenvalue weighted by molar-refractivity contribution is 1.10. The molecule has 0 saturated heterocycles. The van der Waals surface area contributed by atoms with Crippen molar-refractivity contribution in [2.45, 2.75) is 6.92 Å². The first kappa shape index (κ1) is 12.9. The number of halogens is 1. The number of hydrogen-bond acceptors (Lipinski definition) is 2. The molecule has 0 saturated carbocycles. The molecular formula is C16H14BrN3. The maximum atomic E-state index is 4.29. The maximum absolute atomic E-state index is 4.29. The smallest absolute Gasteiger partial charge is 0.152 e. The number of benzene rings is 2. The number of nitrogens with one attached hydrogen (secondary N) is 2. The molecule has 1 heterocycles. The molecule has 0 aliphatic rings. The summed E-state index contributed by atoms with van der Waals surface area (Å²) < 4.78 is 1.03. The van der Waals surface area contributed by atoms with Crippen molar-refractivity contribution in [2.24, 2.45) is 0 Å². The molecule has 0 atom stereocenters. The van der Waals surface area contributed by atoms with Crippen molar-refractivity contribution in [3.63, 3.8) is 0 Å². The fourth-order valence-electron chi connectivity index (χ4n) is 2.01. The Balaban J connectivity index is 1.84. The van der Waals surface area contributed by atoms with E-state index in [1.807, 2.05) is 30.3 Å². The minimum Gasteiger partial charge on any atom is -0.338 e. The van der Waals surface area contributed by atoms with E-state index in [0.29, 0.717) is 0 Å². The summed E-state index contributed by atoms with van der Waals surface area (Å²) in [6.07, 6.45) is 0. The highest BCUT2D eigenvalue weighted by Gasteiger charge is 2.05. The first-order valence-corrected chi connectivity index (χ1v) is 7.16. The van der Waals surface area contributed by atoms with Crippen molar-refractivity contribution in [3.05, 3.63) is 64.6 Å². The normalized spacial score (nSPS) is 10.5. The third kappa shape index (κ3) is 2.75. The lowest BCUT2D eigenvalue weighted by Crippen LogP contribution is -1.91. The Labute approximate surface area is 126 Å². The van der Waals surface area contributed by atoms with Crippen LogP contribution in [0.2, 0.25) is 0 Å². The van der Waals surface area contributed by atoms with Gasteiger partial charge in [0.2, 0.25) is 0 Å². The van der Waals surface area contributed by atoms with Gasteiger partial charge >= 0.3 is 0 Å². The first-order chi connectivity index (χ1) is 9.72. The molecule has 0 radical (unpaired) electrons. The van der Waals surface area contributed by atoms with Gasteiger partial charge < -0.3 is 5.32 Å². The fourth-order valence-corrected chi connectivity index (χ4v) is 2.60. The molecule has 0 aliphatic heterocycles. The Hall–Kier alpha value is -2.07. The van der Waals surface area contributed by atoms with Crippen LogP contribution in [0.3, 0.4) is 0 Å². The molecule has 0 amide bonds. The summed E-state index contributed by atoms with van der Waals surface area (Å²) in [4.78, 5) is 0. The van der Waals surface area contributed by atoms with E-state index < -0.39 is 0 Å². The molecule has 100 valence electrons. The van der Waals surface area contributed by atoms with Crippen molar-refractivity contribution >= 4 is 27.4 Å². The van der Waals surface area contributed by atoms with Gasteiger partial charge in [-0.05, 0) is 46.1 Å². The van der Waals surface area contributed by atoms with Gasteiger partial charge in [0.15, 0.2) is 5.82 Å². The van der Waals surface area contributed by atoms with E-state index in [-0.39, 0.29) is 0 Å². The molecule has 3 nitrogen and oxygen atoms in total. The number of aryl methyl sites for hydroxylation is 1. The summed E-state index contributed by atoms with van der Waals surface area (Å²) in [5.41, 5.74) is 4.34. The summed E-state index contributed by atoms with van der Waals surface area (Å²) in [6, 6.07) is 18.3. The Kier molecular flexibility index (Phi) is 3.56. The summed E-state index contributed by atoms with van der Waals surface area (Å²) in [5, 5.41) is 10.6. The SMILES string of the molecule is Cc1ccc(Nc2cc(-c3ccccc3)[nH]n2)c(Br)c1. The van der Waals surface area contributed by atoms with Crippen LogP contribution in [0.15, 0.2) is 59.1 Å². The average Bonchev–Trinajstić information content (AvgIpc) is 2.92. The topological polar surface area (TPSA) is 40.7 Å². The average molecular weight is 328 g/mol. The van der Waals surface area contributed by atoms with E-state index in [2.05, 4.69) is 62.6 Å². The highest BCUT2D eigenvalue weighted by molar-refractivity contribution is 9.10. The van der Waals surface area contributed by atoms with E-state index in [0.717, 1.165) is 27.2 Å². The Morgan fingerprint density at radius 2 is 1.85 bits per heavy atom. The molecule has 2 aromatic carbocycles. The molecule has 3 aromatic rings. The lowest BCUT2D eigenvalue weighted by atomic mass is 10.1. The van der Waals surface area contributed by atoms with Gasteiger partial charge in [-0.1, -0.05) is 36.4 Å². The molecule has 2 N–H and O–H groups in total. The Bertz CT molecular complexity index is 720. The van der Waals surface area contributed by atoms with Crippen LogP contribution in [-0.4, -0.2) is 10.2 Å². The number of anilines is 2. The summed E-state index contributed by atoms with van der Waals surface area (Å²) in [5.74, 6) is 0.799. The number of hydrogen-bond donors (Lipinski definition) is 2. The summed E-state index contributed by atoms with van der Waals surface area (Å²) >= 11 is 3.56. The second kappa shape index (κ2) is 5.51. The van der Waals surface area contributed by atoms with Crippen LogP contribution >= 0.6 is 15.9 Å². The van der Waals surface area contributed by atoms with Crippen molar-refractivity contribution in [1.82, 2.24) is 10.2 Å². The van der Waals surface area contributed by atoms with Gasteiger partial charge in [0.05, 0.1) is 11.4 Å². The Morgan fingerprint density at radius 1 is 1.05 bits per heavy atom. The minimum absolute atomic E-state index is 0.799. The zero-order valence-electron chi connectivity index (χ0n) is 11.0. The summed E-state index contributed by atoms with van der Waals surface area (Å²) in [6.45, 7) is 2.07. The van der Waals surface area contributed by atoms with Crippen LogP contribution in [0.25, 0.3) is 11.3 Å². The molecule has 20 heavy (non-hydrogen) atoms. The van der Waals surface area contributed by atoms with E-state index in [9.17, 15) is 0 Å². The van der Waals surface area contributed by atoms with Crippen molar-refractivity contribution in [1.29, 1.82) is 0 Å².